The molecular formula is C14H26N4O2S. The van der Waals surface area contributed by atoms with E-state index in [-0.39, 0.29) is 17.9 Å². The molecule has 1 aromatic rings. The Morgan fingerprint density at radius 3 is 2.67 bits per heavy atom. The van der Waals surface area contributed by atoms with Crippen molar-refractivity contribution < 1.29 is 9.84 Å². The molecule has 0 aliphatic carbocycles. The lowest BCUT2D eigenvalue weighted by molar-refractivity contribution is 0.178. The van der Waals surface area contributed by atoms with Crippen LogP contribution in [0.25, 0.3) is 0 Å². The lowest BCUT2D eigenvalue weighted by Gasteiger charge is -2.22. The van der Waals surface area contributed by atoms with Gasteiger partial charge in [-0.3, -0.25) is 0 Å². The molecule has 2 atom stereocenters. The summed E-state index contributed by atoms with van der Waals surface area (Å²) in [6, 6.07) is 1.99. The Kier molecular flexibility index (Phi) is 8.41. The van der Waals surface area contributed by atoms with E-state index < -0.39 is 0 Å². The van der Waals surface area contributed by atoms with E-state index in [0.29, 0.717) is 12.4 Å². The van der Waals surface area contributed by atoms with Crippen molar-refractivity contribution in [2.45, 2.75) is 38.2 Å². The zero-order chi connectivity index (χ0) is 15.7. The minimum Gasteiger partial charge on any atom is -0.395 e. The lowest BCUT2D eigenvalue weighted by atomic mass is 10.2. The van der Waals surface area contributed by atoms with Gasteiger partial charge in [0, 0.05) is 31.0 Å². The van der Waals surface area contributed by atoms with Gasteiger partial charge in [-0.25, -0.2) is 9.97 Å². The van der Waals surface area contributed by atoms with Crippen molar-refractivity contribution in [2.24, 2.45) is 0 Å². The number of anilines is 2. The molecule has 1 heterocycles. The molecule has 2 unspecified atom stereocenters. The Hall–Kier alpha value is -1.05. The van der Waals surface area contributed by atoms with Crippen LogP contribution in [-0.2, 0) is 11.3 Å². The van der Waals surface area contributed by atoms with Crippen LogP contribution >= 0.6 is 11.8 Å². The van der Waals surface area contributed by atoms with Gasteiger partial charge in [-0.15, -0.1) is 0 Å². The molecule has 0 radical (unpaired) electrons. The van der Waals surface area contributed by atoms with Gasteiger partial charge in [-0.1, -0.05) is 6.92 Å². The first-order chi connectivity index (χ1) is 10.1. The van der Waals surface area contributed by atoms with Crippen LogP contribution in [0.3, 0.4) is 0 Å². The molecule has 21 heavy (non-hydrogen) atoms. The van der Waals surface area contributed by atoms with Gasteiger partial charge in [0.25, 0.3) is 0 Å². The molecule has 0 aliphatic heterocycles. The van der Waals surface area contributed by atoms with Crippen molar-refractivity contribution in [3.63, 3.8) is 0 Å². The van der Waals surface area contributed by atoms with Crippen LogP contribution in [-0.4, -0.2) is 52.9 Å². The van der Waals surface area contributed by atoms with Gasteiger partial charge in [0.15, 0.2) is 5.82 Å². The number of thioether (sulfide) groups is 1. The number of rotatable bonds is 10. The van der Waals surface area contributed by atoms with E-state index in [0.717, 1.165) is 24.6 Å². The first kappa shape index (κ1) is 18.0. The van der Waals surface area contributed by atoms with Crippen LogP contribution in [0.5, 0.6) is 0 Å². The third-order valence-electron chi connectivity index (χ3n) is 3.02. The Balaban J connectivity index is 2.85. The zero-order valence-corrected chi connectivity index (χ0v) is 14.0. The summed E-state index contributed by atoms with van der Waals surface area (Å²) in [6.07, 6.45) is 3.02. The fourth-order valence-electron chi connectivity index (χ4n) is 1.87. The maximum Gasteiger partial charge on any atom is 0.158 e. The van der Waals surface area contributed by atoms with Gasteiger partial charge in [0.2, 0.25) is 0 Å². The largest absolute Gasteiger partial charge is 0.395 e. The van der Waals surface area contributed by atoms with Crippen molar-refractivity contribution in [1.82, 2.24) is 9.97 Å². The Morgan fingerprint density at radius 2 is 2.10 bits per heavy atom. The molecule has 0 saturated carbocycles. The van der Waals surface area contributed by atoms with Crippen LogP contribution in [0.15, 0.2) is 6.07 Å². The first-order valence-electron chi connectivity index (χ1n) is 7.15. The lowest BCUT2D eigenvalue weighted by Crippen LogP contribution is -2.31. The summed E-state index contributed by atoms with van der Waals surface area (Å²) in [7, 11) is 1.63. The summed E-state index contributed by atoms with van der Waals surface area (Å²) in [6.45, 7) is 5.51. The Labute approximate surface area is 131 Å². The highest BCUT2D eigenvalue weighted by Gasteiger charge is 2.16. The van der Waals surface area contributed by atoms with E-state index in [9.17, 15) is 5.11 Å². The van der Waals surface area contributed by atoms with Gasteiger partial charge >= 0.3 is 0 Å². The molecule has 0 aromatic carbocycles. The molecule has 3 N–H and O–H groups in total. The highest BCUT2D eigenvalue weighted by Crippen LogP contribution is 2.17. The number of ether oxygens (including phenoxy) is 1. The Morgan fingerprint density at radius 1 is 1.38 bits per heavy atom. The van der Waals surface area contributed by atoms with Crippen LogP contribution in [0.1, 0.15) is 26.1 Å². The summed E-state index contributed by atoms with van der Waals surface area (Å²) < 4.78 is 5.11. The summed E-state index contributed by atoms with van der Waals surface area (Å²) in [5.74, 6) is 2.17. The standard InChI is InChI=1S/C14H26N4O2S/c1-5-6-15-12-7-13(18-14(17-12)9-20-3)16-10(2)11(8-19)21-4/h7,10-11,19H,5-6,8-9H2,1-4H3,(H2,15,16,17,18). The third-order valence-corrected chi connectivity index (χ3v) is 4.18. The highest BCUT2D eigenvalue weighted by molar-refractivity contribution is 7.99. The van der Waals surface area contributed by atoms with Gasteiger partial charge in [0.05, 0.1) is 6.61 Å². The summed E-state index contributed by atoms with van der Waals surface area (Å²) in [5, 5.41) is 16.1. The molecule has 0 aliphatic rings. The van der Waals surface area contributed by atoms with Gasteiger partial charge in [-0.2, -0.15) is 11.8 Å². The molecule has 120 valence electrons. The fourth-order valence-corrected chi connectivity index (χ4v) is 2.50. The summed E-state index contributed by atoms with van der Waals surface area (Å²) in [5.41, 5.74) is 0. The summed E-state index contributed by atoms with van der Waals surface area (Å²) in [4.78, 5) is 8.86. The van der Waals surface area contributed by atoms with Crippen molar-refractivity contribution in [3.05, 3.63) is 11.9 Å². The van der Waals surface area contributed by atoms with E-state index in [2.05, 4.69) is 27.5 Å². The number of hydrogen-bond acceptors (Lipinski definition) is 7. The first-order valence-corrected chi connectivity index (χ1v) is 8.44. The molecule has 1 rings (SSSR count). The molecule has 0 fully saturated rings. The number of nitrogens with one attached hydrogen (secondary N) is 2. The second kappa shape index (κ2) is 9.81. The topological polar surface area (TPSA) is 79.3 Å². The van der Waals surface area contributed by atoms with Crippen molar-refractivity contribution in [3.8, 4) is 0 Å². The average Bonchev–Trinajstić information content (AvgIpc) is 2.46. The van der Waals surface area contributed by atoms with Crippen LogP contribution < -0.4 is 10.6 Å². The molecular weight excluding hydrogens is 288 g/mol. The number of hydrogen-bond donors (Lipinski definition) is 3. The summed E-state index contributed by atoms with van der Waals surface area (Å²) >= 11 is 1.63. The molecule has 0 saturated heterocycles. The molecule has 0 spiro atoms. The van der Waals surface area contributed by atoms with E-state index in [1.165, 1.54) is 0 Å². The van der Waals surface area contributed by atoms with Gasteiger partial charge in [-0.05, 0) is 19.6 Å². The smallest absolute Gasteiger partial charge is 0.158 e. The van der Waals surface area contributed by atoms with Crippen LogP contribution in [0.2, 0.25) is 0 Å². The number of aromatic nitrogens is 2. The average molecular weight is 314 g/mol. The van der Waals surface area contributed by atoms with E-state index in [1.54, 1.807) is 18.9 Å². The Bertz CT molecular complexity index is 416. The minimum atomic E-state index is 0.106. The molecule has 6 nitrogen and oxygen atoms in total. The number of aliphatic hydroxyl groups excluding tert-OH is 1. The van der Waals surface area contributed by atoms with E-state index >= 15 is 0 Å². The fraction of sp³-hybridized carbons (Fsp3) is 0.714. The third kappa shape index (κ3) is 6.07. The minimum absolute atomic E-state index is 0.106. The maximum absolute atomic E-state index is 9.36. The second-order valence-electron chi connectivity index (χ2n) is 4.80. The predicted octanol–water partition coefficient (Wildman–Crippen LogP) is 1.97. The molecule has 1 aromatic heterocycles. The maximum atomic E-state index is 9.36. The van der Waals surface area contributed by atoms with Crippen molar-refractivity contribution in [2.75, 3.05) is 37.2 Å². The number of aliphatic hydroxyl groups is 1. The SMILES string of the molecule is CCCNc1cc(NC(C)C(CO)SC)nc(COC)n1. The highest BCUT2D eigenvalue weighted by atomic mass is 32.2. The number of nitrogens with zero attached hydrogens (tertiary/aromatic N) is 2. The quantitative estimate of drug-likeness (QED) is 0.609. The van der Waals surface area contributed by atoms with Crippen molar-refractivity contribution in [1.29, 1.82) is 0 Å². The second-order valence-corrected chi connectivity index (χ2v) is 5.88. The number of methoxy groups -OCH3 is 1. The van der Waals surface area contributed by atoms with Crippen molar-refractivity contribution >= 4 is 23.4 Å². The molecule has 0 bridgehead atoms. The van der Waals surface area contributed by atoms with E-state index in [1.807, 2.05) is 19.2 Å². The van der Waals surface area contributed by atoms with Crippen LogP contribution in [0.4, 0.5) is 11.6 Å². The van der Waals surface area contributed by atoms with Crippen LogP contribution in [0, 0.1) is 0 Å². The zero-order valence-electron chi connectivity index (χ0n) is 13.2. The normalized spacial score (nSPS) is 13.8. The monoisotopic (exact) mass is 314 g/mol. The predicted molar refractivity (Wildman–Crippen MR) is 89.0 cm³/mol. The van der Waals surface area contributed by atoms with E-state index in [4.69, 9.17) is 4.74 Å². The molecule has 0 amide bonds. The van der Waals surface area contributed by atoms with Gasteiger partial charge in [0.1, 0.15) is 18.2 Å². The van der Waals surface area contributed by atoms with Gasteiger partial charge < -0.3 is 20.5 Å². The molecule has 7 heteroatoms.